The lowest BCUT2D eigenvalue weighted by Gasteiger charge is -2.07. The lowest BCUT2D eigenvalue weighted by molar-refractivity contribution is -0.119. The van der Waals surface area contributed by atoms with Crippen LogP contribution in [0.25, 0.3) is 20.8 Å². The van der Waals surface area contributed by atoms with Crippen LogP contribution < -0.4 is 5.32 Å². The van der Waals surface area contributed by atoms with Crippen molar-refractivity contribution in [2.75, 3.05) is 11.9 Å². The van der Waals surface area contributed by atoms with Crippen molar-refractivity contribution in [3.8, 4) is 10.6 Å². The summed E-state index contributed by atoms with van der Waals surface area (Å²) >= 11 is 13.3. The van der Waals surface area contributed by atoms with E-state index in [0.717, 1.165) is 20.8 Å². The Kier molecular flexibility index (Phi) is 6.18. The van der Waals surface area contributed by atoms with E-state index in [0.29, 0.717) is 5.69 Å². The molecule has 0 fully saturated rings. The smallest absolute Gasteiger partial charge is 0.359 e. The summed E-state index contributed by atoms with van der Waals surface area (Å²) in [6.07, 6.45) is 0. The molecule has 0 spiro atoms. The number of rotatable bonds is 5. The Hall–Kier alpha value is -3.00. The molecule has 4 aromatic rings. The average molecular weight is 472 g/mol. The minimum atomic E-state index is -0.830. The van der Waals surface area contributed by atoms with Gasteiger partial charge in [-0.2, -0.15) is 0 Å². The van der Waals surface area contributed by atoms with Crippen molar-refractivity contribution in [3.63, 3.8) is 0 Å². The molecule has 0 atom stereocenters. The summed E-state index contributed by atoms with van der Waals surface area (Å²) in [5.41, 5.74) is 3.52. The zero-order valence-electron chi connectivity index (χ0n) is 16.2. The first kappa shape index (κ1) is 21.2. The van der Waals surface area contributed by atoms with E-state index in [-0.39, 0.29) is 15.9 Å². The molecule has 2 aromatic heterocycles. The Bertz CT molecular complexity index is 1290. The fourth-order valence-corrected chi connectivity index (χ4v) is 4.21. The van der Waals surface area contributed by atoms with Gasteiger partial charge in [-0.15, -0.1) is 11.3 Å². The summed E-state index contributed by atoms with van der Waals surface area (Å²) in [6, 6.07) is 16.3. The van der Waals surface area contributed by atoms with Crippen LogP contribution in [-0.2, 0) is 9.53 Å². The van der Waals surface area contributed by atoms with Gasteiger partial charge in [0.05, 0.1) is 15.2 Å². The van der Waals surface area contributed by atoms with Crippen molar-refractivity contribution in [1.82, 2.24) is 9.97 Å². The van der Waals surface area contributed by atoms with Gasteiger partial charge in [-0.25, -0.2) is 14.8 Å². The molecular formula is C22H15Cl2N3O3S. The zero-order chi connectivity index (χ0) is 22.0. The molecule has 0 aliphatic heterocycles. The number of aromatic nitrogens is 2. The summed E-state index contributed by atoms with van der Waals surface area (Å²) in [6.45, 7) is 1.57. The van der Waals surface area contributed by atoms with Crippen LogP contribution >= 0.6 is 34.5 Å². The maximum absolute atomic E-state index is 12.1. The van der Waals surface area contributed by atoms with Gasteiger partial charge in [-0.3, -0.25) is 4.79 Å². The van der Waals surface area contributed by atoms with Crippen molar-refractivity contribution in [2.45, 2.75) is 6.92 Å². The number of carbonyl (C=O) groups excluding carboxylic acids is 2. The number of nitrogens with one attached hydrogen (secondary N) is 1. The summed E-state index contributed by atoms with van der Waals surface area (Å²) in [5.74, 6) is -1.32. The number of hydrogen-bond donors (Lipinski definition) is 1. The molecule has 2 aromatic carbocycles. The molecule has 4 rings (SSSR count). The molecular weight excluding hydrogens is 457 g/mol. The van der Waals surface area contributed by atoms with E-state index in [1.165, 1.54) is 17.7 Å². The predicted octanol–water partition coefficient (Wildman–Crippen LogP) is 5.77. The van der Waals surface area contributed by atoms with Crippen LogP contribution in [0, 0.1) is 6.92 Å². The van der Waals surface area contributed by atoms with Gasteiger partial charge in [-0.1, -0.05) is 29.3 Å². The minimum absolute atomic E-state index is 0.0930. The van der Waals surface area contributed by atoms with Gasteiger partial charge in [0.15, 0.2) is 12.3 Å². The Balaban J connectivity index is 1.37. The molecule has 0 saturated carbocycles. The standard InChI is InChI=1S/C22H15Cl2N3O3S/c1-12-2-8-16-17(10-12)31-21(26-16)13-3-5-14(6-4-13)25-19(28)11-30-22(29)20-15(23)7-9-18(24)27-20/h2-10H,11H2,1H3,(H,25,28). The highest BCUT2D eigenvalue weighted by molar-refractivity contribution is 7.21. The monoisotopic (exact) mass is 471 g/mol. The fraction of sp³-hybridized carbons (Fsp3) is 0.0909. The number of ether oxygens (including phenoxy) is 1. The van der Waals surface area contributed by atoms with E-state index in [2.05, 4.69) is 21.4 Å². The van der Waals surface area contributed by atoms with E-state index >= 15 is 0 Å². The van der Waals surface area contributed by atoms with Gasteiger partial charge in [0.2, 0.25) is 0 Å². The van der Waals surface area contributed by atoms with Gasteiger partial charge < -0.3 is 10.1 Å². The second kappa shape index (κ2) is 9.01. The molecule has 0 unspecified atom stereocenters. The van der Waals surface area contributed by atoms with Crippen LogP contribution in [0.4, 0.5) is 5.69 Å². The first-order chi connectivity index (χ1) is 14.9. The fourth-order valence-electron chi connectivity index (χ4n) is 2.81. The highest BCUT2D eigenvalue weighted by Gasteiger charge is 2.16. The highest BCUT2D eigenvalue weighted by atomic mass is 35.5. The van der Waals surface area contributed by atoms with Gasteiger partial charge in [-0.05, 0) is 61.0 Å². The number of aryl methyl sites for hydroxylation is 1. The Morgan fingerprint density at radius 3 is 2.58 bits per heavy atom. The maximum atomic E-state index is 12.1. The number of anilines is 1. The van der Waals surface area contributed by atoms with E-state index in [9.17, 15) is 9.59 Å². The third-order valence-corrected chi connectivity index (χ3v) is 5.88. The SMILES string of the molecule is Cc1ccc2nc(-c3ccc(NC(=O)COC(=O)c4nc(Cl)ccc4Cl)cc3)sc2c1. The zero-order valence-corrected chi connectivity index (χ0v) is 18.5. The first-order valence-corrected chi connectivity index (χ1v) is 10.7. The third kappa shape index (κ3) is 5.02. The Morgan fingerprint density at radius 1 is 1.03 bits per heavy atom. The number of halogens is 2. The minimum Gasteiger partial charge on any atom is -0.451 e. The van der Waals surface area contributed by atoms with Gasteiger partial charge in [0, 0.05) is 11.3 Å². The number of benzene rings is 2. The van der Waals surface area contributed by atoms with Crippen molar-refractivity contribution in [1.29, 1.82) is 0 Å². The third-order valence-electron chi connectivity index (χ3n) is 4.30. The molecule has 31 heavy (non-hydrogen) atoms. The molecule has 0 aliphatic rings. The lowest BCUT2D eigenvalue weighted by Crippen LogP contribution is -2.21. The van der Waals surface area contributed by atoms with Gasteiger partial charge >= 0.3 is 5.97 Å². The summed E-state index contributed by atoms with van der Waals surface area (Å²) < 4.78 is 6.10. The molecule has 0 aliphatic carbocycles. The number of thiazole rings is 1. The number of fused-ring (bicyclic) bond motifs is 1. The molecule has 9 heteroatoms. The quantitative estimate of drug-likeness (QED) is 0.295. The average Bonchev–Trinajstić information content (AvgIpc) is 3.17. The second-order valence-corrected chi connectivity index (χ2v) is 8.48. The topological polar surface area (TPSA) is 81.2 Å². The van der Waals surface area contributed by atoms with Crippen molar-refractivity contribution >= 4 is 62.3 Å². The van der Waals surface area contributed by atoms with Crippen molar-refractivity contribution in [3.05, 3.63) is 76.0 Å². The van der Waals surface area contributed by atoms with E-state index in [4.69, 9.17) is 27.9 Å². The van der Waals surface area contributed by atoms with Crippen LogP contribution in [0.5, 0.6) is 0 Å². The van der Waals surface area contributed by atoms with Crippen LogP contribution in [0.2, 0.25) is 10.2 Å². The largest absolute Gasteiger partial charge is 0.451 e. The molecule has 0 bridgehead atoms. The Morgan fingerprint density at radius 2 is 1.81 bits per heavy atom. The molecule has 1 N–H and O–H groups in total. The van der Waals surface area contributed by atoms with Gasteiger partial charge in [0.25, 0.3) is 5.91 Å². The second-order valence-electron chi connectivity index (χ2n) is 6.66. The molecule has 2 heterocycles. The van der Waals surface area contributed by atoms with E-state index in [1.54, 1.807) is 23.5 Å². The number of esters is 1. The molecule has 156 valence electrons. The number of amides is 1. The summed E-state index contributed by atoms with van der Waals surface area (Å²) in [5, 5.41) is 3.77. The van der Waals surface area contributed by atoms with Crippen LogP contribution in [-0.4, -0.2) is 28.5 Å². The normalized spacial score (nSPS) is 10.8. The number of carbonyl (C=O) groups is 2. The summed E-state index contributed by atoms with van der Waals surface area (Å²) in [7, 11) is 0. The highest BCUT2D eigenvalue weighted by Crippen LogP contribution is 2.31. The predicted molar refractivity (Wildman–Crippen MR) is 123 cm³/mol. The molecule has 0 saturated heterocycles. The van der Waals surface area contributed by atoms with Gasteiger partial charge in [0.1, 0.15) is 10.2 Å². The maximum Gasteiger partial charge on any atom is 0.359 e. The van der Waals surface area contributed by atoms with Crippen LogP contribution in [0.3, 0.4) is 0 Å². The number of hydrogen-bond acceptors (Lipinski definition) is 6. The number of pyridine rings is 1. The Labute approximate surface area is 191 Å². The van der Waals surface area contributed by atoms with Crippen LogP contribution in [0.1, 0.15) is 16.1 Å². The van der Waals surface area contributed by atoms with Crippen molar-refractivity contribution < 1.29 is 14.3 Å². The number of nitrogens with zero attached hydrogens (tertiary/aromatic N) is 2. The summed E-state index contributed by atoms with van der Waals surface area (Å²) in [4.78, 5) is 32.7. The van der Waals surface area contributed by atoms with E-state index in [1.807, 2.05) is 31.2 Å². The first-order valence-electron chi connectivity index (χ1n) is 9.16. The lowest BCUT2D eigenvalue weighted by atomic mass is 10.2. The molecule has 6 nitrogen and oxygen atoms in total. The van der Waals surface area contributed by atoms with Crippen molar-refractivity contribution in [2.24, 2.45) is 0 Å². The van der Waals surface area contributed by atoms with E-state index < -0.39 is 18.5 Å². The molecule has 1 amide bonds. The molecule has 0 radical (unpaired) electrons. The van der Waals surface area contributed by atoms with Crippen LogP contribution in [0.15, 0.2) is 54.6 Å².